The summed E-state index contributed by atoms with van der Waals surface area (Å²) in [5, 5.41) is 0. The number of ether oxygens (including phenoxy) is 1. The standard InChI is InChI=1S/C30H36ClNO4/c1-18(33)36-30(27(35)17-31)14-13-26-24-11-7-20-15-22(34)10-12-23(20)28(24)25(16-29(26,30)2)19-5-8-21(9-6-19)32(3)4/h5-6,8-9,15,24-26H,7,10-14,16-17H2,1-4H3/t24?,25?,26?,29-,30+/m0/s1. The van der Waals surface area contributed by atoms with Crippen LogP contribution in [-0.2, 0) is 19.1 Å². The van der Waals surface area contributed by atoms with Crippen molar-refractivity contribution in [2.45, 2.75) is 70.3 Å². The maximum Gasteiger partial charge on any atom is 0.303 e. The van der Waals surface area contributed by atoms with Crippen molar-refractivity contribution < 1.29 is 19.1 Å². The SMILES string of the molecule is CC(=O)O[C@@]1(C(=O)CCl)CCC2C3CCC4=CC(=O)CCC4=C3C(c3ccc(N(C)C)cc3)C[C@@]21C. The largest absolute Gasteiger partial charge is 0.451 e. The second-order valence-corrected chi connectivity index (χ2v) is 11.8. The third-order valence-electron chi connectivity index (χ3n) is 9.56. The van der Waals surface area contributed by atoms with E-state index in [2.05, 4.69) is 36.1 Å². The van der Waals surface area contributed by atoms with Gasteiger partial charge in [0.05, 0.1) is 5.88 Å². The number of nitrogens with zero attached hydrogens (tertiary/aromatic N) is 1. The number of hydrogen-bond acceptors (Lipinski definition) is 5. The Morgan fingerprint density at radius 3 is 2.47 bits per heavy atom. The minimum Gasteiger partial charge on any atom is -0.451 e. The van der Waals surface area contributed by atoms with E-state index in [1.165, 1.54) is 29.2 Å². The van der Waals surface area contributed by atoms with E-state index in [-0.39, 0.29) is 29.3 Å². The van der Waals surface area contributed by atoms with Crippen LogP contribution in [0.2, 0.25) is 0 Å². The van der Waals surface area contributed by atoms with Gasteiger partial charge in [0.15, 0.2) is 17.2 Å². The Hall–Kier alpha value is -2.40. The summed E-state index contributed by atoms with van der Waals surface area (Å²) in [4.78, 5) is 40.1. The van der Waals surface area contributed by atoms with Crippen molar-refractivity contribution in [2.75, 3.05) is 24.9 Å². The minimum absolute atomic E-state index is 0.0931. The van der Waals surface area contributed by atoms with Crippen LogP contribution in [-0.4, -0.2) is 43.1 Å². The zero-order valence-electron chi connectivity index (χ0n) is 21.7. The van der Waals surface area contributed by atoms with Gasteiger partial charge in [0.2, 0.25) is 0 Å². The molecule has 0 aliphatic heterocycles. The molecule has 2 fully saturated rings. The number of Topliss-reactive ketones (excluding diaryl/α,β-unsaturated/α-hetero) is 1. The molecule has 0 bridgehead atoms. The summed E-state index contributed by atoms with van der Waals surface area (Å²) in [7, 11) is 4.06. The molecule has 0 saturated heterocycles. The van der Waals surface area contributed by atoms with Crippen molar-refractivity contribution >= 4 is 34.8 Å². The fourth-order valence-corrected chi connectivity index (χ4v) is 8.20. The molecule has 4 aliphatic rings. The molecular formula is C30H36ClNO4. The molecule has 0 heterocycles. The molecule has 0 aromatic heterocycles. The number of esters is 1. The molecule has 1 aromatic carbocycles. The van der Waals surface area contributed by atoms with Crippen LogP contribution in [0.1, 0.15) is 70.3 Å². The van der Waals surface area contributed by atoms with Crippen molar-refractivity contribution in [3.63, 3.8) is 0 Å². The lowest BCUT2D eigenvalue weighted by Gasteiger charge is -2.55. The predicted molar refractivity (Wildman–Crippen MR) is 141 cm³/mol. The molecule has 6 heteroatoms. The van der Waals surface area contributed by atoms with E-state index in [0.29, 0.717) is 25.2 Å². The molecule has 5 atom stereocenters. The van der Waals surface area contributed by atoms with Gasteiger partial charge in [-0.25, -0.2) is 0 Å². The second-order valence-electron chi connectivity index (χ2n) is 11.5. The van der Waals surface area contributed by atoms with Crippen molar-refractivity contribution in [3.05, 3.63) is 52.6 Å². The van der Waals surface area contributed by atoms with Gasteiger partial charge in [-0.15, -0.1) is 11.6 Å². The fraction of sp³-hybridized carbons (Fsp3) is 0.567. The van der Waals surface area contributed by atoms with Crippen LogP contribution in [0.3, 0.4) is 0 Å². The number of carbonyl (C=O) groups excluding carboxylic acids is 3. The number of carbonyl (C=O) groups is 3. The summed E-state index contributed by atoms with van der Waals surface area (Å²) in [5.41, 5.74) is 4.66. The number of rotatable bonds is 5. The Morgan fingerprint density at radius 2 is 1.83 bits per heavy atom. The first kappa shape index (κ1) is 25.3. The number of benzene rings is 1. The van der Waals surface area contributed by atoms with Gasteiger partial charge in [0, 0.05) is 44.5 Å². The van der Waals surface area contributed by atoms with Crippen LogP contribution >= 0.6 is 11.6 Å². The lowest BCUT2D eigenvalue weighted by atomic mass is 9.50. The lowest BCUT2D eigenvalue weighted by Crippen LogP contribution is -2.58. The fourth-order valence-electron chi connectivity index (χ4n) is 7.99. The number of hydrogen-bond donors (Lipinski definition) is 0. The van der Waals surface area contributed by atoms with Crippen LogP contribution in [0, 0.1) is 17.3 Å². The first-order valence-electron chi connectivity index (χ1n) is 13.1. The Balaban J connectivity index is 1.69. The van der Waals surface area contributed by atoms with E-state index in [1.54, 1.807) is 0 Å². The van der Waals surface area contributed by atoms with E-state index in [0.717, 1.165) is 31.4 Å². The van der Waals surface area contributed by atoms with Crippen LogP contribution in [0.5, 0.6) is 0 Å². The summed E-state index contributed by atoms with van der Waals surface area (Å²) in [6.45, 7) is 3.56. The van der Waals surface area contributed by atoms with Gasteiger partial charge >= 0.3 is 5.97 Å². The van der Waals surface area contributed by atoms with Gasteiger partial charge in [-0.2, -0.15) is 0 Å². The highest BCUT2D eigenvalue weighted by Gasteiger charge is 2.67. The smallest absolute Gasteiger partial charge is 0.303 e. The van der Waals surface area contributed by atoms with Crippen LogP contribution in [0.15, 0.2) is 47.1 Å². The molecule has 192 valence electrons. The van der Waals surface area contributed by atoms with Crippen molar-refractivity contribution in [1.82, 2.24) is 0 Å². The first-order chi connectivity index (χ1) is 17.1. The molecule has 0 radical (unpaired) electrons. The third-order valence-corrected chi connectivity index (χ3v) is 9.80. The molecule has 36 heavy (non-hydrogen) atoms. The zero-order valence-corrected chi connectivity index (χ0v) is 22.5. The highest BCUT2D eigenvalue weighted by atomic mass is 35.5. The first-order valence-corrected chi connectivity index (χ1v) is 13.7. The van der Waals surface area contributed by atoms with Crippen molar-refractivity contribution in [3.8, 4) is 0 Å². The van der Waals surface area contributed by atoms with Crippen LogP contribution in [0.25, 0.3) is 0 Å². The van der Waals surface area contributed by atoms with Gasteiger partial charge < -0.3 is 9.64 Å². The Kier molecular flexibility index (Phi) is 6.43. The molecular weight excluding hydrogens is 474 g/mol. The number of fused-ring (bicyclic) bond motifs is 4. The van der Waals surface area contributed by atoms with Gasteiger partial charge in [-0.05, 0) is 85.3 Å². The Labute approximate surface area is 218 Å². The van der Waals surface area contributed by atoms with Gasteiger partial charge in [0.25, 0.3) is 0 Å². The van der Waals surface area contributed by atoms with Crippen molar-refractivity contribution in [1.29, 1.82) is 0 Å². The summed E-state index contributed by atoms with van der Waals surface area (Å²) in [5.74, 6) is 0.0724. The molecule has 0 spiro atoms. The molecule has 3 unspecified atom stereocenters. The van der Waals surface area contributed by atoms with Crippen molar-refractivity contribution in [2.24, 2.45) is 17.3 Å². The average Bonchev–Trinajstić information content (AvgIpc) is 3.14. The molecule has 4 aliphatic carbocycles. The molecule has 5 nitrogen and oxygen atoms in total. The molecule has 1 aromatic rings. The summed E-state index contributed by atoms with van der Waals surface area (Å²) < 4.78 is 6.01. The summed E-state index contributed by atoms with van der Waals surface area (Å²) in [6.07, 6.45) is 7.13. The van der Waals surface area contributed by atoms with Crippen LogP contribution in [0.4, 0.5) is 5.69 Å². The molecule has 0 amide bonds. The number of halogens is 1. The second kappa shape index (κ2) is 9.16. The number of alkyl halides is 1. The molecule has 0 N–H and O–H groups in total. The summed E-state index contributed by atoms with van der Waals surface area (Å²) in [6, 6.07) is 8.69. The quantitative estimate of drug-likeness (QED) is 0.373. The van der Waals surface area contributed by atoms with E-state index in [1.807, 2.05) is 20.2 Å². The Bertz CT molecular complexity index is 1170. The normalized spacial score (nSPS) is 33.3. The average molecular weight is 510 g/mol. The Morgan fingerprint density at radius 1 is 1.11 bits per heavy atom. The maximum atomic E-state index is 13.4. The maximum absolute atomic E-state index is 13.4. The van der Waals surface area contributed by atoms with E-state index in [4.69, 9.17) is 16.3 Å². The van der Waals surface area contributed by atoms with Crippen LogP contribution < -0.4 is 4.90 Å². The van der Waals surface area contributed by atoms with E-state index < -0.39 is 17.0 Å². The number of anilines is 1. The number of allylic oxidation sites excluding steroid dienone is 4. The monoisotopic (exact) mass is 509 g/mol. The minimum atomic E-state index is -1.19. The predicted octanol–water partition coefficient (Wildman–Crippen LogP) is 5.76. The zero-order chi connectivity index (χ0) is 25.8. The van der Waals surface area contributed by atoms with E-state index in [9.17, 15) is 14.4 Å². The topological polar surface area (TPSA) is 63.7 Å². The summed E-state index contributed by atoms with van der Waals surface area (Å²) >= 11 is 6.15. The lowest BCUT2D eigenvalue weighted by molar-refractivity contribution is -0.182. The van der Waals surface area contributed by atoms with Gasteiger partial charge in [-0.3, -0.25) is 14.4 Å². The third kappa shape index (κ3) is 3.77. The number of ketones is 2. The van der Waals surface area contributed by atoms with Gasteiger partial charge in [0.1, 0.15) is 0 Å². The molecule has 5 rings (SSSR count). The highest BCUT2D eigenvalue weighted by molar-refractivity contribution is 6.29. The highest BCUT2D eigenvalue weighted by Crippen LogP contribution is 2.67. The van der Waals surface area contributed by atoms with Gasteiger partial charge in [-0.1, -0.05) is 24.6 Å². The van der Waals surface area contributed by atoms with E-state index >= 15 is 0 Å². The molecule has 2 saturated carbocycles.